The largest absolute Gasteiger partial charge is 0.384 e. The van der Waals surface area contributed by atoms with Crippen molar-refractivity contribution < 1.29 is 0 Å². The fourth-order valence-corrected chi connectivity index (χ4v) is 3.74. The molecule has 1 aromatic carbocycles. The van der Waals surface area contributed by atoms with Crippen LogP contribution in [0.2, 0.25) is 5.02 Å². The molecule has 0 spiro atoms. The van der Waals surface area contributed by atoms with Crippen molar-refractivity contribution in [3.63, 3.8) is 0 Å². The van der Waals surface area contributed by atoms with Crippen LogP contribution in [0.3, 0.4) is 0 Å². The summed E-state index contributed by atoms with van der Waals surface area (Å²) in [5.41, 5.74) is 1.04. The number of hydrogen-bond acceptors (Lipinski definition) is 1. The molecule has 3 rings (SSSR count). The predicted molar refractivity (Wildman–Crippen MR) is 76.5 cm³/mol. The highest BCUT2D eigenvalue weighted by atomic mass is 79.9. The lowest BCUT2D eigenvalue weighted by Crippen LogP contribution is -2.18. The highest BCUT2D eigenvalue weighted by molar-refractivity contribution is 9.10. The average molecular weight is 313 g/mol. The molecule has 1 saturated carbocycles. The molecule has 3 unspecified atom stereocenters. The molecule has 1 N–H and O–H groups in total. The molecule has 3 heteroatoms. The zero-order valence-corrected chi connectivity index (χ0v) is 11.8. The Bertz CT molecular complexity index is 458. The van der Waals surface area contributed by atoms with E-state index >= 15 is 0 Å². The fraction of sp³-hybridized carbons (Fsp3) is 0.429. The minimum atomic E-state index is 0.782. The number of benzene rings is 1. The van der Waals surface area contributed by atoms with Gasteiger partial charge in [0.1, 0.15) is 0 Å². The van der Waals surface area contributed by atoms with Gasteiger partial charge < -0.3 is 5.32 Å². The maximum Gasteiger partial charge on any atom is 0.0648 e. The fourth-order valence-electron chi connectivity index (χ4n) is 3.00. The molecule has 90 valence electrons. The van der Waals surface area contributed by atoms with E-state index in [9.17, 15) is 0 Å². The summed E-state index contributed by atoms with van der Waals surface area (Å²) in [4.78, 5) is 0. The van der Waals surface area contributed by atoms with E-state index in [1.54, 1.807) is 0 Å². The van der Waals surface area contributed by atoms with E-state index in [1.807, 2.05) is 18.2 Å². The summed E-state index contributed by atoms with van der Waals surface area (Å²) in [6, 6.07) is 6.00. The van der Waals surface area contributed by atoms with Crippen LogP contribution < -0.4 is 5.32 Å². The third-order valence-electron chi connectivity index (χ3n) is 3.90. The van der Waals surface area contributed by atoms with Crippen LogP contribution in [0.15, 0.2) is 34.8 Å². The van der Waals surface area contributed by atoms with Gasteiger partial charge in [-0.2, -0.15) is 0 Å². The maximum absolute atomic E-state index is 6.19. The van der Waals surface area contributed by atoms with Gasteiger partial charge in [-0.05, 0) is 48.8 Å². The summed E-state index contributed by atoms with van der Waals surface area (Å²) < 4.78 is 1.02. The standard InChI is InChI=1S/C14H15BrClN/c15-12-3-4-14(13(16)7-12)17-8-11-6-9-1-2-10(11)5-9/h1-4,7,9-11,17H,5-6,8H2. The first-order valence-corrected chi connectivity index (χ1v) is 7.27. The van der Waals surface area contributed by atoms with Crippen molar-refractivity contribution in [3.8, 4) is 0 Å². The van der Waals surface area contributed by atoms with Gasteiger partial charge in [0.2, 0.25) is 0 Å². The summed E-state index contributed by atoms with van der Waals surface area (Å²) in [5, 5.41) is 4.27. The Kier molecular flexibility index (Phi) is 3.18. The van der Waals surface area contributed by atoms with Crippen molar-refractivity contribution in [2.45, 2.75) is 12.8 Å². The molecule has 0 aliphatic heterocycles. The van der Waals surface area contributed by atoms with Crippen LogP contribution in [0.5, 0.6) is 0 Å². The second kappa shape index (κ2) is 4.66. The van der Waals surface area contributed by atoms with Crippen LogP contribution in [0, 0.1) is 17.8 Å². The molecule has 0 radical (unpaired) electrons. The lowest BCUT2D eigenvalue weighted by Gasteiger charge is -2.19. The van der Waals surface area contributed by atoms with Crippen LogP contribution in [0.1, 0.15) is 12.8 Å². The van der Waals surface area contributed by atoms with Crippen molar-refractivity contribution in [1.29, 1.82) is 0 Å². The predicted octanol–water partition coefficient (Wildman–Crippen LogP) is 4.73. The number of halogens is 2. The number of hydrogen-bond donors (Lipinski definition) is 1. The van der Waals surface area contributed by atoms with Crippen molar-refractivity contribution in [2.24, 2.45) is 17.8 Å². The third-order valence-corrected chi connectivity index (χ3v) is 4.71. The first-order valence-electron chi connectivity index (χ1n) is 6.09. The van der Waals surface area contributed by atoms with Gasteiger partial charge in [-0.15, -0.1) is 0 Å². The molecule has 2 aliphatic rings. The number of rotatable bonds is 3. The maximum atomic E-state index is 6.19. The number of nitrogens with one attached hydrogen (secondary N) is 1. The van der Waals surface area contributed by atoms with Gasteiger partial charge in [0.25, 0.3) is 0 Å². The van der Waals surface area contributed by atoms with Crippen molar-refractivity contribution in [1.82, 2.24) is 0 Å². The highest BCUT2D eigenvalue weighted by Gasteiger charge is 2.35. The topological polar surface area (TPSA) is 12.0 Å². The normalized spacial score (nSPS) is 29.9. The van der Waals surface area contributed by atoms with Crippen LogP contribution >= 0.6 is 27.5 Å². The van der Waals surface area contributed by atoms with Crippen LogP contribution in [0.25, 0.3) is 0 Å². The molecule has 0 saturated heterocycles. The quantitative estimate of drug-likeness (QED) is 0.796. The van der Waals surface area contributed by atoms with E-state index in [-0.39, 0.29) is 0 Å². The highest BCUT2D eigenvalue weighted by Crippen LogP contribution is 2.43. The number of fused-ring (bicyclic) bond motifs is 2. The van der Waals surface area contributed by atoms with Crippen molar-refractivity contribution in [2.75, 3.05) is 11.9 Å². The first kappa shape index (κ1) is 11.6. The van der Waals surface area contributed by atoms with Gasteiger partial charge >= 0.3 is 0 Å². The molecule has 1 fully saturated rings. The monoisotopic (exact) mass is 311 g/mol. The van der Waals surface area contributed by atoms with E-state index in [4.69, 9.17) is 11.6 Å². The van der Waals surface area contributed by atoms with E-state index < -0.39 is 0 Å². The molecule has 0 aromatic heterocycles. The molecule has 1 aromatic rings. The molecule has 0 amide bonds. The van der Waals surface area contributed by atoms with E-state index in [1.165, 1.54) is 12.8 Å². The van der Waals surface area contributed by atoms with Gasteiger partial charge in [-0.1, -0.05) is 39.7 Å². The van der Waals surface area contributed by atoms with E-state index in [2.05, 4.69) is 33.4 Å². The summed E-state index contributed by atoms with van der Waals surface area (Å²) in [5.74, 6) is 2.42. The van der Waals surface area contributed by atoms with E-state index in [0.29, 0.717) is 0 Å². The molecule has 2 aliphatic carbocycles. The second-order valence-corrected chi connectivity index (χ2v) is 6.37. The van der Waals surface area contributed by atoms with Crippen LogP contribution in [0.4, 0.5) is 5.69 Å². The van der Waals surface area contributed by atoms with Crippen molar-refractivity contribution >= 4 is 33.2 Å². The lowest BCUT2D eigenvalue weighted by atomic mass is 9.93. The summed E-state index contributed by atoms with van der Waals surface area (Å²) >= 11 is 9.61. The smallest absolute Gasteiger partial charge is 0.0648 e. The Labute approximate surface area is 115 Å². The van der Waals surface area contributed by atoms with Gasteiger partial charge in [-0.3, -0.25) is 0 Å². The Balaban J connectivity index is 1.62. The van der Waals surface area contributed by atoms with Crippen LogP contribution in [-0.4, -0.2) is 6.54 Å². The Morgan fingerprint density at radius 3 is 2.82 bits per heavy atom. The van der Waals surface area contributed by atoms with Gasteiger partial charge in [0, 0.05) is 11.0 Å². The van der Waals surface area contributed by atoms with Gasteiger partial charge in [0.15, 0.2) is 0 Å². The molecule has 1 nitrogen and oxygen atoms in total. The molecule has 17 heavy (non-hydrogen) atoms. The minimum Gasteiger partial charge on any atom is -0.384 e. The minimum absolute atomic E-state index is 0.782. The molecule has 3 atom stereocenters. The second-order valence-electron chi connectivity index (χ2n) is 5.05. The van der Waals surface area contributed by atoms with Gasteiger partial charge in [-0.25, -0.2) is 0 Å². The third kappa shape index (κ3) is 2.38. The average Bonchev–Trinajstić information content (AvgIpc) is 2.89. The van der Waals surface area contributed by atoms with Crippen molar-refractivity contribution in [3.05, 3.63) is 39.8 Å². The summed E-state index contributed by atoms with van der Waals surface area (Å²) in [6.45, 7) is 1.03. The summed E-state index contributed by atoms with van der Waals surface area (Å²) in [7, 11) is 0. The Morgan fingerprint density at radius 1 is 1.29 bits per heavy atom. The Morgan fingerprint density at radius 2 is 2.18 bits per heavy atom. The first-order chi connectivity index (χ1) is 8.22. The zero-order valence-electron chi connectivity index (χ0n) is 9.50. The molecule has 0 heterocycles. The van der Waals surface area contributed by atoms with E-state index in [0.717, 1.165) is 39.5 Å². The molecular weight excluding hydrogens is 298 g/mol. The zero-order chi connectivity index (χ0) is 11.8. The Hall–Kier alpha value is -0.470. The SMILES string of the molecule is Clc1cc(Br)ccc1NCC1CC2C=CC1C2. The van der Waals surface area contributed by atoms with Crippen LogP contribution in [-0.2, 0) is 0 Å². The molecule has 2 bridgehead atoms. The molecular formula is C14H15BrClN. The summed E-state index contributed by atoms with van der Waals surface area (Å²) in [6.07, 6.45) is 7.47. The number of anilines is 1. The van der Waals surface area contributed by atoms with Gasteiger partial charge in [0.05, 0.1) is 10.7 Å². The number of allylic oxidation sites excluding steroid dienone is 2. The lowest BCUT2D eigenvalue weighted by molar-refractivity contribution is 0.472.